The van der Waals surface area contributed by atoms with E-state index in [0.717, 1.165) is 25.9 Å². The first-order valence-electron chi connectivity index (χ1n) is 6.70. The maximum atomic E-state index is 5.77. The molecule has 0 spiro atoms. The Hall–Kier alpha value is -0.490. The van der Waals surface area contributed by atoms with Crippen molar-refractivity contribution in [3.8, 4) is 0 Å². The zero-order valence-corrected chi connectivity index (χ0v) is 12.5. The van der Waals surface area contributed by atoms with Gasteiger partial charge >= 0.3 is 0 Å². The van der Waals surface area contributed by atoms with Crippen molar-refractivity contribution in [2.24, 2.45) is 5.73 Å². The predicted molar refractivity (Wildman–Crippen MR) is 77.0 cm³/mol. The number of nitrogens with zero attached hydrogens (tertiary/aromatic N) is 3. The molecule has 1 aliphatic rings. The van der Waals surface area contributed by atoms with Gasteiger partial charge in [-0.05, 0) is 20.5 Å². The summed E-state index contributed by atoms with van der Waals surface area (Å²) in [4.78, 5) is 10.9. The molecule has 1 aromatic heterocycles. The molecule has 0 saturated carbocycles. The van der Waals surface area contributed by atoms with E-state index in [4.69, 9.17) is 10.7 Å². The molecule has 2 heterocycles. The van der Waals surface area contributed by atoms with Crippen molar-refractivity contribution in [3.05, 3.63) is 15.6 Å². The minimum atomic E-state index is 0.588. The van der Waals surface area contributed by atoms with Gasteiger partial charge in [0.05, 0.1) is 10.7 Å². The van der Waals surface area contributed by atoms with Crippen LogP contribution in [-0.4, -0.2) is 54.6 Å². The molecule has 1 atom stereocenters. The molecule has 0 amide bonds. The summed E-state index contributed by atoms with van der Waals surface area (Å²) in [6.07, 6.45) is 2.04. The minimum Gasteiger partial charge on any atom is -0.326 e. The Labute approximate surface area is 114 Å². The van der Waals surface area contributed by atoms with Crippen molar-refractivity contribution in [3.63, 3.8) is 0 Å². The van der Waals surface area contributed by atoms with Crippen molar-refractivity contribution in [2.45, 2.75) is 32.4 Å². The molecule has 0 radical (unpaired) electrons. The predicted octanol–water partition coefficient (Wildman–Crippen LogP) is 0.953. The molecule has 102 valence electrons. The number of thiazole rings is 1. The van der Waals surface area contributed by atoms with Crippen molar-refractivity contribution in [2.75, 3.05) is 33.7 Å². The number of hydrogen-bond acceptors (Lipinski definition) is 5. The Morgan fingerprint density at radius 1 is 1.39 bits per heavy atom. The third-order valence-corrected chi connectivity index (χ3v) is 4.88. The van der Waals surface area contributed by atoms with Gasteiger partial charge in [0, 0.05) is 43.5 Å². The number of piperazine rings is 1. The van der Waals surface area contributed by atoms with E-state index < -0.39 is 0 Å². The van der Waals surface area contributed by atoms with Crippen LogP contribution in [0.15, 0.2) is 0 Å². The molecule has 0 bridgehead atoms. The number of likely N-dealkylation sites (N-methyl/N-ethyl adjacent to an activating group) is 2. The van der Waals surface area contributed by atoms with Crippen LogP contribution >= 0.6 is 11.3 Å². The molecule has 1 fully saturated rings. The monoisotopic (exact) mass is 268 g/mol. The molecular weight excluding hydrogens is 244 g/mol. The highest BCUT2D eigenvalue weighted by Crippen LogP contribution is 2.22. The van der Waals surface area contributed by atoms with E-state index in [2.05, 4.69) is 30.8 Å². The highest BCUT2D eigenvalue weighted by Gasteiger charge is 2.23. The molecule has 4 nitrogen and oxygen atoms in total. The SMILES string of the molecule is CCc1nc(CC2CN(C)CCN2C)sc1CN. The molecular formula is C13H24N4S. The van der Waals surface area contributed by atoms with E-state index in [0.29, 0.717) is 12.6 Å². The lowest BCUT2D eigenvalue weighted by Crippen LogP contribution is -2.50. The van der Waals surface area contributed by atoms with Gasteiger partial charge in [-0.2, -0.15) is 0 Å². The zero-order valence-electron chi connectivity index (χ0n) is 11.6. The first-order valence-corrected chi connectivity index (χ1v) is 7.52. The summed E-state index contributed by atoms with van der Waals surface area (Å²) >= 11 is 1.80. The summed E-state index contributed by atoms with van der Waals surface area (Å²) in [5.74, 6) is 0. The second kappa shape index (κ2) is 6.10. The van der Waals surface area contributed by atoms with Crippen LogP contribution in [0.1, 0.15) is 22.5 Å². The van der Waals surface area contributed by atoms with Gasteiger partial charge in [0.1, 0.15) is 0 Å². The Balaban J connectivity index is 2.05. The fraction of sp³-hybridized carbons (Fsp3) is 0.769. The standard InChI is InChI=1S/C13H24N4S/c1-4-11-12(8-14)18-13(15-11)7-10-9-16(2)5-6-17(10)3/h10H,4-9,14H2,1-3H3. The summed E-state index contributed by atoms with van der Waals surface area (Å²) in [6.45, 7) is 6.23. The highest BCUT2D eigenvalue weighted by molar-refractivity contribution is 7.11. The normalized spacial score (nSPS) is 22.6. The number of aryl methyl sites for hydroxylation is 1. The van der Waals surface area contributed by atoms with Crippen molar-refractivity contribution in [1.82, 2.24) is 14.8 Å². The summed E-state index contributed by atoms with van der Waals surface area (Å²) < 4.78 is 0. The molecule has 1 unspecified atom stereocenters. The van der Waals surface area contributed by atoms with Crippen LogP contribution in [0.4, 0.5) is 0 Å². The van der Waals surface area contributed by atoms with Crippen LogP contribution in [0.3, 0.4) is 0 Å². The van der Waals surface area contributed by atoms with E-state index >= 15 is 0 Å². The second-order valence-corrected chi connectivity index (χ2v) is 6.30. The smallest absolute Gasteiger partial charge is 0.0947 e. The second-order valence-electron chi connectivity index (χ2n) is 5.14. The summed E-state index contributed by atoms with van der Waals surface area (Å²) in [7, 11) is 4.42. The van der Waals surface area contributed by atoms with Gasteiger partial charge in [0.25, 0.3) is 0 Å². The molecule has 5 heteroatoms. The van der Waals surface area contributed by atoms with Gasteiger partial charge in [-0.3, -0.25) is 0 Å². The topological polar surface area (TPSA) is 45.4 Å². The fourth-order valence-corrected chi connectivity index (χ4v) is 3.59. The van der Waals surface area contributed by atoms with E-state index in [9.17, 15) is 0 Å². The fourth-order valence-electron chi connectivity index (χ4n) is 2.48. The molecule has 1 aliphatic heterocycles. The van der Waals surface area contributed by atoms with Crippen molar-refractivity contribution >= 4 is 11.3 Å². The van der Waals surface area contributed by atoms with Crippen LogP contribution in [0.25, 0.3) is 0 Å². The average molecular weight is 268 g/mol. The van der Waals surface area contributed by atoms with Gasteiger partial charge in [-0.15, -0.1) is 11.3 Å². The lowest BCUT2D eigenvalue weighted by molar-refractivity contribution is 0.114. The van der Waals surface area contributed by atoms with Crippen molar-refractivity contribution < 1.29 is 0 Å². The van der Waals surface area contributed by atoms with Gasteiger partial charge in [-0.25, -0.2) is 4.98 Å². The van der Waals surface area contributed by atoms with Gasteiger partial charge in [-0.1, -0.05) is 6.92 Å². The number of nitrogens with two attached hydrogens (primary N) is 1. The maximum absolute atomic E-state index is 5.77. The Morgan fingerprint density at radius 2 is 2.17 bits per heavy atom. The zero-order chi connectivity index (χ0) is 13.1. The van der Waals surface area contributed by atoms with Crippen LogP contribution in [0.2, 0.25) is 0 Å². The lowest BCUT2D eigenvalue weighted by Gasteiger charge is -2.37. The largest absolute Gasteiger partial charge is 0.326 e. The first kappa shape index (κ1) is 13.9. The molecule has 0 aromatic carbocycles. The van der Waals surface area contributed by atoms with Crippen LogP contribution in [0, 0.1) is 0 Å². The molecule has 1 saturated heterocycles. The van der Waals surface area contributed by atoms with Gasteiger partial charge < -0.3 is 15.5 Å². The average Bonchev–Trinajstić information content (AvgIpc) is 2.76. The van der Waals surface area contributed by atoms with E-state index in [1.165, 1.54) is 22.1 Å². The number of rotatable bonds is 4. The minimum absolute atomic E-state index is 0.588. The number of aromatic nitrogens is 1. The van der Waals surface area contributed by atoms with E-state index in [1.807, 2.05) is 0 Å². The lowest BCUT2D eigenvalue weighted by atomic mass is 10.1. The van der Waals surface area contributed by atoms with Crippen LogP contribution in [-0.2, 0) is 19.4 Å². The summed E-state index contributed by atoms with van der Waals surface area (Å²) in [6, 6.07) is 0.588. The molecule has 1 aromatic rings. The third-order valence-electron chi connectivity index (χ3n) is 3.73. The molecule has 2 rings (SSSR count). The maximum Gasteiger partial charge on any atom is 0.0947 e. The third kappa shape index (κ3) is 3.09. The van der Waals surface area contributed by atoms with E-state index in [-0.39, 0.29) is 0 Å². The van der Waals surface area contributed by atoms with Crippen LogP contribution in [0.5, 0.6) is 0 Å². The Morgan fingerprint density at radius 3 is 2.78 bits per heavy atom. The summed E-state index contributed by atoms with van der Waals surface area (Å²) in [5, 5.41) is 1.25. The molecule has 18 heavy (non-hydrogen) atoms. The van der Waals surface area contributed by atoms with Crippen LogP contribution < -0.4 is 5.73 Å². The van der Waals surface area contributed by atoms with Gasteiger partial charge in [0.15, 0.2) is 0 Å². The quantitative estimate of drug-likeness (QED) is 0.883. The number of hydrogen-bond donors (Lipinski definition) is 1. The Bertz CT molecular complexity index is 369. The highest BCUT2D eigenvalue weighted by atomic mass is 32.1. The van der Waals surface area contributed by atoms with Gasteiger partial charge in [0.2, 0.25) is 0 Å². The van der Waals surface area contributed by atoms with Crippen molar-refractivity contribution in [1.29, 1.82) is 0 Å². The Kier molecular flexibility index (Phi) is 4.72. The first-order chi connectivity index (χ1) is 8.63. The summed E-state index contributed by atoms with van der Waals surface area (Å²) in [5.41, 5.74) is 6.97. The molecule has 0 aliphatic carbocycles. The van der Waals surface area contributed by atoms with E-state index in [1.54, 1.807) is 11.3 Å². The molecule has 2 N–H and O–H groups in total.